The van der Waals surface area contributed by atoms with Gasteiger partial charge in [0.2, 0.25) is 0 Å². The highest BCUT2D eigenvalue weighted by atomic mass is 16.5. The second-order valence-electron chi connectivity index (χ2n) is 6.10. The van der Waals surface area contributed by atoms with Crippen LogP contribution < -0.4 is 10.1 Å². The summed E-state index contributed by atoms with van der Waals surface area (Å²) in [5.41, 5.74) is 1.21. The van der Waals surface area contributed by atoms with Gasteiger partial charge in [-0.2, -0.15) is 0 Å². The van der Waals surface area contributed by atoms with Crippen molar-refractivity contribution in [3.05, 3.63) is 42.5 Å². The highest BCUT2D eigenvalue weighted by Gasteiger charge is 2.31. The molecule has 0 aromatic heterocycles. The zero-order valence-corrected chi connectivity index (χ0v) is 13.5. The predicted octanol–water partition coefficient (Wildman–Crippen LogP) is 4.08. The van der Waals surface area contributed by atoms with Crippen molar-refractivity contribution in [2.75, 3.05) is 6.54 Å². The molecule has 22 heavy (non-hydrogen) atoms. The van der Waals surface area contributed by atoms with Crippen LogP contribution in [0.4, 0.5) is 0 Å². The van der Waals surface area contributed by atoms with Gasteiger partial charge in [0.15, 0.2) is 0 Å². The monoisotopic (exact) mass is 301 g/mol. The molecule has 1 fully saturated rings. The van der Waals surface area contributed by atoms with Crippen molar-refractivity contribution in [1.82, 2.24) is 5.32 Å². The van der Waals surface area contributed by atoms with Crippen LogP contribution in [0, 0.1) is 11.8 Å². The average Bonchev–Trinajstić information content (AvgIpc) is 3.36. The van der Waals surface area contributed by atoms with Crippen LogP contribution in [0.15, 0.2) is 36.9 Å². The summed E-state index contributed by atoms with van der Waals surface area (Å²) in [5, 5.41) is 3.47. The molecule has 2 rings (SSSR count). The van der Waals surface area contributed by atoms with Crippen LogP contribution in [0.1, 0.15) is 44.6 Å². The predicted molar refractivity (Wildman–Crippen MR) is 89.7 cm³/mol. The molecule has 120 valence electrons. The molecule has 1 aliphatic rings. The van der Waals surface area contributed by atoms with Crippen LogP contribution in [-0.4, -0.2) is 12.5 Å². The van der Waals surface area contributed by atoms with E-state index in [1.165, 1.54) is 18.4 Å². The minimum absolute atomic E-state index is 0.0845. The lowest BCUT2D eigenvalue weighted by molar-refractivity contribution is -0.135. The molecule has 3 nitrogen and oxygen atoms in total. The maximum absolute atomic E-state index is 11.6. The largest absolute Gasteiger partial charge is 0.426 e. The first-order valence-electron chi connectivity index (χ1n) is 8.35. The van der Waals surface area contributed by atoms with Gasteiger partial charge in [0, 0.05) is 6.54 Å². The number of nitrogens with one attached hydrogen (secondary N) is 1. The Hall–Kier alpha value is -1.61. The zero-order chi connectivity index (χ0) is 15.8. The second-order valence-corrected chi connectivity index (χ2v) is 6.10. The molecule has 0 bridgehead atoms. The Morgan fingerprint density at radius 2 is 2.14 bits per heavy atom. The maximum atomic E-state index is 11.6. The molecule has 0 radical (unpaired) electrons. The van der Waals surface area contributed by atoms with Crippen LogP contribution in [0.2, 0.25) is 0 Å². The van der Waals surface area contributed by atoms with Gasteiger partial charge in [-0.3, -0.25) is 4.79 Å². The Bertz CT molecular complexity index is 477. The number of hydrogen-bond acceptors (Lipinski definition) is 3. The van der Waals surface area contributed by atoms with Gasteiger partial charge < -0.3 is 10.1 Å². The van der Waals surface area contributed by atoms with Crippen LogP contribution in [0.5, 0.6) is 5.75 Å². The SMILES string of the molecule is C=CCC(CC)CCNCc1ccc(OC(=O)C2CC2)cc1. The van der Waals surface area contributed by atoms with Gasteiger partial charge >= 0.3 is 5.97 Å². The third kappa shape index (κ3) is 5.64. The van der Waals surface area contributed by atoms with E-state index in [1.54, 1.807) is 0 Å². The molecule has 0 aliphatic heterocycles. The highest BCUT2D eigenvalue weighted by molar-refractivity contribution is 5.77. The Labute approximate surface area is 133 Å². The van der Waals surface area contributed by atoms with Crippen molar-refractivity contribution in [1.29, 1.82) is 0 Å². The number of allylic oxidation sites excluding steroid dienone is 1. The quantitative estimate of drug-likeness (QED) is 0.306. The van der Waals surface area contributed by atoms with E-state index in [9.17, 15) is 4.79 Å². The van der Waals surface area contributed by atoms with Crippen LogP contribution in [0.3, 0.4) is 0 Å². The number of hydrogen-bond donors (Lipinski definition) is 1. The van der Waals surface area contributed by atoms with Gasteiger partial charge in [0.1, 0.15) is 5.75 Å². The first-order valence-corrected chi connectivity index (χ1v) is 8.35. The summed E-state index contributed by atoms with van der Waals surface area (Å²) in [6.45, 7) is 7.91. The van der Waals surface area contributed by atoms with Gasteiger partial charge in [-0.15, -0.1) is 6.58 Å². The Morgan fingerprint density at radius 3 is 2.73 bits per heavy atom. The van der Waals surface area contributed by atoms with Crippen LogP contribution in [-0.2, 0) is 11.3 Å². The number of rotatable bonds is 10. The minimum atomic E-state index is -0.0845. The van der Waals surface area contributed by atoms with E-state index in [4.69, 9.17) is 4.74 Å². The van der Waals surface area contributed by atoms with Crippen molar-refractivity contribution < 1.29 is 9.53 Å². The topological polar surface area (TPSA) is 38.3 Å². The molecule has 1 aromatic carbocycles. The molecule has 0 saturated heterocycles. The Morgan fingerprint density at radius 1 is 1.41 bits per heavy atom. The summed E-state index contributed by atoms with van der Waals surface area (Å²) in [6.07, 6.45) is 7.44. The fraction of sp³-hybridized carbons (Fsp3) is 0.526. The van der Waals surface area contributed by atoms with Crippen molar-refractivity contribution in [3.63, 3.8) is 0 Å². The highest BCUT2D eigenvalue weighted by Crippen LogP contribution is 2.30. The molecule has 0 spiro atoms. The van der Waals surface area contributed by atoms with Gasteiger partial charge in [-0.25, -0.2) is 0 Å². The first kappa shape index (κ1) is 16.8. The van der Waals surface area contributed by atoms with E-state index in [0.717, 1.165) is 38.3 Å². The standard InChI is InChI=1S/C19H27NO2/c1-3-5-15(4-2)12-13-20-14-16-6-10-18(11-7-16)22-19(21)17-8-9-17/h3,6-7,10-11,15,17,20H,1,4-5,8-9,12-14H2,2H3. The van der Waals surface area contributed by atoms with E-state index < -0.39 is 0 Å². The third-order valence-corrected chi connectivity index (χ3v) is 4.19. The molecule has 1 atom stereocenters. The minimum Gasteiger partial charge on any atom is -0.426 e. The smallest absolute Gasteiger partial charge is 0.314 e. The fourth-order valence-electron chi connectivity index (χ4n) is 2.46. The van der Waals surface area contributed by atoms with Gasteiger partial charge in [-0.1, -0.05) is 31.6 Å². The molecule has 1 unspecified atom stereocenters. The molecule has 1 aromatic rings. The summed E-state index contributed by atoms with van der Waals surface area (Å²) in [5.74, 6) is 1.44. The molecule has 3 heteroatoms. The lowest BCUT2D eigenvalue weighted by Crippen LogP contribution is -2.17. The summed E-state index contributed by atoms with van der Waals surface area (Å²) in [4.78, 5) is 11.6. The molecule has 0 amide bonds. The average molecular weight is 301 g/mol. The van der Waals surface area contributed by atoms with E-state index >= 15 is 0 Å². The third-order valence-electron chi connectivity index (χ3n) is 4.19. The van der Waals surface area contributed by atoms with Crippen LogP contribution in [0.25, 0.3) is 0 Å². The molecule has 1 aliphatic carbocycles. The summed E-state index contributed by atoms with van der Waals surface area (Å²) >= 11 is 0. The number of carbonyl (C=O) groups is 1. The fourth-order valence-corrected chi connectivity index (χ4v) is 2.46. The number of esters is 1. The lowest BCUT2D eigenvalue weighted by Gasteiger charge is -2.13. The number of ether oxygens (including phenoxy) is 1. The molecule has 0 heterocycles. The second kappa shape index (κ2) is 8.74. The summed E-state index contributed by atoms with van der Waals surface area (Å²) in [7, 11) is 0. The molecule has 1 N–H and O–H groups in total. The Kier molecular flexibility index (Phi) is 6.66. The van der Waals surface area contributed by atoms with Crippen LogP contribution >= 0.6 is 0 Å². The normalized spacial score (nSPS) is 15.3. The van der Waals surface area contributed by atoms with E-state index in [-0.39, 0.29) is 11.9 Å². The molecule has 1 saturated carbocycles. The zero-order valence-electron chi connectivity index (χ0n) is 13.5. The van der Waals surface area contributed by atoms with E-state index in [2.05, 4.69) is 18.8 Å². The number of benzene rings is 1. The molecular weight excluding hydrogens is 274 g/mol. The first-order chi connectivity index (χ1) is 10.7. The van der Waals surface area contributed by atoms with Gasteiger partial charge in [0.05, 0.1) is 5.92 Å². The van der Waals surface area contributed by atoms with Crippen molar-refractivity contribution in [2.45, 2.75) is 45.6 Å². The summed E-state index contributed by atoms with van der Waals surface area (Å²) < 4.78 is 5.32. The molecular formula is C19H27NO2. The van der Waals surface area contributed by atoms with Crippen molar-refractivity contribution >= 4 is 5.97 Å². The lowest BCUT2D eigenvalue weighted by atomic mass is 9.98. The number of carbonyl (C=O) groups excluding carboxylic acids is 1. The summed E-state index contributed by atoms with van der Waals surface area (Å²) in [6, 6.07) is 7.79. The van der Waals surface area contributed by atoms with Gasteiger partial charge in [-0.05, 0) is 55.8 Å². The Balaban J connectivity index is 1.67. The van der Waals surface area contributed by atoms with E-state index in [1.807, 2.05) is 30.3 Å². The van der Waals surface area contributed by atoms with Crippen molar-refractivity contribution in [3.8, 4) is 5.75 Å². The van der Waals surface area contributed by atoms with Crippen molar-refractivity contribution in [2.24, 2.45) is 11.8 Å². The maximum Gasteiger partial charge on any atom is 0.314 e. The van der Waals surface area contributed by atoms with Gasteiger partial charge in [0.25, 0.3) is 0 Å². The van der Waals surface area contributed by atoms with E-state index in [0.29, 0.717) is 5.75 Å².